The van der Waals surface area contributed by atoms with E-state index in [0.29, 0.717) is 41.2 Å². The molecule has 0 saturated heterocycles. The first kappa shape index (κ1) is 57.3. The standard InChI is InChI=1S/C66H71N9O8/c1-11-39-31(3)47-21-49-33(5)41(13-17-63(76)77)57(70-49)27-59-43(15-19-65(80)81)35(7)51(72-59)25-61-45(37(9)53(74-61)23-55(39)68-47)29-67-30-46-38(10)54-24-56-40(12-2)32(4)48(69-56)22-50-34(6)42(14-18-64(78)79)58(71-50)28-60-44(16-20-66(82)83)36(8)52(73-60)26-62(46)75-54/h21-28,67-68,72-73,75H,11-20,29-30H2,1-10H3,(H,76,77)(H,78,79)(H,80,81)(H,82,83). The Kier molecular flexibility index (Phi) is 16.0. The van der Waals surface area contributed by atoms with Gasteiger partial charge in [0.2, 0.25) is 0 Å². The van der Waals surface area contributed by atoms with Crippen molar-refractivity contribution >= 4 is 113 Å². The van der Waals surface area contributed by atoms with Crippen LogP contribution >= 0.6 is 0 Å². The number of aliphatic carboxylic acids is 4. The van der Waals surface area contributed by atoms with Gasteiger partial charge in [-0.05, 0) is 232 Å². The predicted molar refractivity (Wildman–Crippen MR) is 328 cm³/mol. The number of hydrogen-bond donors (Lipinski definition) is 9. The summed E-state index contributed by atoms with van der Waals surface area (Å²) in [5.41, 5.74) is 27.5. The molecule has 10 rings (SSSR count). The molecule has 0 fully saturated rings. The van der Waals surface area contributed by atoms with Gasteiger partial charge in [-0.2, -0.15) is 0 Å². The zero-order chi connectivity index (χ0) is 59.3. The van der Waals surface area contributed by atoms with Crippen LogP contribution in [0.1, 0.15) is 177 Å². The number of carboxylic acid groups (broad SMARTS) is 4. The van der Waals surface area contributed by atoms with Crippen LogP contribution in [0.3, 0.4) is 0 Å². The maximum atomic E-state index is 12.1. The van der Waals surface area contributed by atoms with Gasteiger partial charge in [-0.3, -0.25) is 19.2 Å². The highest BCUT2D eigenvalue weighted by atomic mass is 16.4. The lowest BCUT2D eigenvalue weighted by atomic mass is 9.99. The van der Waals surface area contributed by atoms with Crippen LogP contribution in [0.2, 0.25) is 0 Å². The van der Waals surface area contributed by atoms with Crippen molar-refractivity contribution < 1.29 is 39.6 Å². The number of hydrogen-bond acceptors (Lipinski definition) is 9. The summed E-state index contributed by atoms with van der Waals surface area (Å²) < 4.78 is 0. The van der Waals surface area contributed by atoms with E-state index in [0.717, 1.165) is 164 Å². The average molecular weight is 1120 g/mol. The maximum Gasteiger partial charge on any atom is 0.303 e. The second-order valence-electron chi connectivity index (χ2n) is 22.2. The Morgan fingerprint density at radius 2 is 0.663 bits per heavy atom. The Morgan fingerprint density at radius 3 is 1.11 bits per heavy atom. The second kappa shape index (κ2) is 23.1. The molecular formula is C66H71N9O8. The van der Waals surface area contributed by atoms with Crippen LogP contribution in [-0.4, -0.2) is 90.7 Å². The predicted octanol–water partition coefficient (Wildman–Crippen LogP) is 13.4. The van der Waals surface area contributed by atoms with E-state index in [4.69, 9.17) is 19.9 Å². The molecule has 10 heterocycles. The number of carboxylic acids is 4. The average Bonchev–Trinajstić information content (AvgIpc) is 3.78. The van der Waals surface area contributed by atoms with Crippen LogP contribution in [0.25, 0.3) is 88.7 Å². The van der Waals surface area contributed by atoms with E-state index in [1.807, 2.05) is 58.0 Å². The molecule has 0 aliphatic carbocycles. The second-order valence-corrected chi connectivity index (χ2v) is 22.2. The van der Waals surface area contributed by atoms with Gasteiger partial charge in [-0.15, -0.1) is 0 Å². The molecule has 17 heteroatoms. The van der Waals surface area contributed by atoms with Crippen molar-refractivity contribution in [2.45, 2.75) is 140 Å². The monoisotopic (exact) mass is 1120 g/mol. The highest BCUT2D eigenvalue weighted by Gasteiger charge is 2.25. The van der Waals surface area contributed by atoms with Gasteiger partial charge in [0.25, 0.3) is 0 Å². The number of fused-ring (bicyclic) bond motifs is 16. The minimum atomic E-state index is -0.920. The van der Waals surface area contributed by atoms with Crippen molar-refractivity contribution in [2.24, 2.45) is 0 Å². The van der Waals surface area contributed by atoms with Gasteiger partial charge in [0.15, 0.2) is 0 Å². The zero-order valence-corrected chi connectivity index (χ0v) is 48.8. The molecule has 4 aliphatic heterocycles. The van der Waals surface area contributed by atoms with E-state index in [1.54, 1.807) is 0 Å². The fraction of sp³-hybridized carbons (Fsp3) is 0.333. The summed E-state index contributed by atoms with van der Waals surface area (Å²) in [4.78, 5) is 83.6. The van der Waals surface area contributed by atoms with Gasteiger partial charge in [0, 0.05) is 82.9 Å². The highest BCUT2D eigenvalue weighted by molar-refractivity contribution is 5.98. The van der Waals surface area contributed by atoms with Crippen LogP contribution in [0.5, 0.6) is 0 Å². The molecule has 0 amide bonds. The Morgan fingerprint density at radius 1 is 0.349 bits per heavy atom. The van der Waals surface area contributed by atoms with Crippen LogP contribution in [0.15, 0.2) is 48.5 Å². The molecule has 17 nitrogen and oxygen atoms in total. The fourth-order valence-corrected chi connectivity index (χ4v) is 12.3. The normalized spacial score (nSPS) is 13.5. The molecule has 9 N–H and O–H groups in total. The Hall–Kier alpha value is -8.96. The summed E-state index contributed by atoms with van der Waals surface area (Å²) >= 11 is 0. The van der Waals surface area contributed by atoms with E-state index in [9.17, 15) is 39.6 Å². The molecule has 0 unspecified atom stereocenters. The molecule has 6 aromatic heterocycles. The molecule has 83 heavy (non-hydrogen) atoms. The Bertz CT molecular complexity index is 4270. The summed E-state index contributed by atoms with van der Waals surface area (Å²) in [5.74, 6) is -3.66. The Labute approximate surface area is 480 Å². The lowest BCUT2D eigenvalue weighted by Gasteiger charge is -2.08. The number of allylic oxidation sites excluding steroid dienone is 7. The number of carbonyl (C=O) groups is 4. The first-order valence-electron chi connectivity index (χ1n) is 28.5. The number of rotatable bonds is 18. The lowest BCUT2D eigenvalue weighted by Crippen LogP contribution is -2.16. The number of aromatic nitrogens is 8. The van der Waals surface area contributed by atoms with Crippen molar-refractivity contribution in [3.8, 4) is 0 Å². The maximum absolute atomic E-state index is 12.1. The quantitative estimate of drug-likeness (QED) is 0.0388. The van der Waals surface area contributed by atoms with Crippen LogP contribution in [-0.2, 0) is 45.0 Å². The molecule has 0 saturated carbocycles. The van der Waals surface area contributed by atoms with Crippen LogP contribution < -0.4 is 5.32 Å². The molecule has 4 aliphatic rings. The smallest absolute Gasteiger partial charge is 0.303 e. The molecule has 6 aromatic rings. The summed E-state index contributed by atoms with van der Waals surface area (Å²) in [7, 11) is 0. The number of aromatic amines is 4. The summed E-state index contributed by atoms with van der Waals surface area (Å²) in [6.45, 7) is 21.4. The summed E-state index contributed by atoms with van der Waals surface area (Å²) in [5, 5.41) is 43.2. The van der Waals surface area contributed by atoms with E-state index in [1.165, 1.54) is 0 Å². The molecule has 0 radical (unpaired) electrons. The molecular weight excluding hydrogens is 1050 g/mol. The molecule has 0 spiro atoms. The van der Waals surface area contributed by atoms with Gasteiger partial charge in [0.1, 0.15) is 0 Å². The van der Waals surface area contributed by atoms with Gasteiger partial charge < -0.3 is 45.7 Å². The van der Waals surface area contributed by atoms with E-state index < -0.39 is 23.9 Å². The molecule has 0 atom stereocenters. The van der Waals surface area contributed by atoms with Crippen molar-refractivity contribution in [3.63, 3.8) is 0 Å². The SMILES string of the molecule is CCC1=C(C)c2cc3nc(cc4[nH]c(cc5[nH]c(cc1n2)c(C)c5CNCC1=C(C)c2cc5[nH]c(cc6nc(cc7[nH]c(cc1n2)c(C)c7CCC(=O)O)C(CCC(=O)O)=C6C)c(C)c5CC)c(C)c4CCC(=O)O)C(CCC(=O)O)=C3C. The van der Waals surface area contributed by atoms with Crippen LogP contribution in [0, 0.1) is 27.7 Å². The van der Waals surface area contributed by atoms with Crippen molar-refractivity contribution in [1.29, 1.82) is 0 Å². The van der Waals surface area contributed by atoms with E-state index in [-0.39, 0.29) is 51.4 Å². The van der Waals surface area contributed by atoms with E-state index in [2.05, 4.69) is 85.0 Å². The number of nitrogens with zero attached hydrogens (tertiary/aromatic N) is 4. The zero-order valence-electron chi connectivity index (χ0n) is 48.8. The summed E-state index contributed by atoms with van der Waals surface area (Å²) in [6.07, 6.45) is 2.23. The molecule has 16 bridgehead atoms. The Balaban J connectivity index is 1.14. The van der Waals surface area contributed by atoms with E-state index >= 15 is 0 Å². The van der Waals surface area contributed by atoms with Gasteiger partial charge >= 0.3 is 23.9 Å². The number of H-pyrrole nitrogens is 4. The molecule has 428 valence electrons. The van der Waals surface area contributed by atoms with Crippen molar-refractivity contribution in [3.05, 3.63) is 139 Å². The number of aryl methyl sites for hydroxylation is 7. The third-order valence-electron chi connectivity index (χ3n) is 17.3. The largest absolute Gasteiger partial charge is 0.481 e. The summed E-state index contributed by atoms with van der Waals surface area (Å²) in [6, 6.07) is 16.2. The lowest BCUT2D eigenvalue weighted by molar-refractivity contribution is -0.138. The fourth-order valence-electron chi connectivity index (χ4n) is 12.3. The van der Waals surface area contributed by atoms with Gasteiger partial charge in [-0.25, -0.2) is 19.9 Å². The minimum Gasteiger partial charge on any atom is -0.481 e. The molecule has 0 aromatic carbocycles. The third-order valence-corrected chi connectivity index (χ3v) is 17.3. The highest BCUT2D eigenvalue weighted by Crippen LogP contribution is 2.40. The van der Waals surface area contributed by atoms with Gasteiger partial charge in [0.05, 0.1) is 45.6 Å². The van der Waals surface area contributed by atoms with Crippen molar-refractivity contribution in [1.82, 2.24) is 45.2 Å². The number of nitrogens with one attached hydrogen (secondary N) is 5. The minimum absolute atomic E-state index is 0.0740. The third kappa shape index (κ3) is 11.2. The van der Waals surface area contributed by atoms with Crippen LogP contribution in [0.4, 0.5) is 0 Å². The topological polar surface area (TPSA) is 276 Å². The first-order valence-corrected chi connectivity index (χ1v) is 28.5. The van der Waals surface area contributed by atoms with Crippen molar-refractivity contribution in [2.75, 3.05) is 6.54 Å². The van der Waals surface area contributed by atoms with Gasteiger partial charge in [-0.1, -0.05) is 13.8 Å². The first-order chi connectivity index (χ1) is 39.6.